The lowest BCUT2D eigenvalue weighted by Crippen LogP contribution is -2.68. The van der Waals surface area contributed by atoms with Crippen molar-refractivity contribution < 1.29 is 58.8 Å². The topological polar surface area (TPSA) is 331 Å². The number of carbonyl (C=O) groups excluding carboxylic acids is 4. The van der Waals surface area contributed by atoms with Gasteiger partial charge in [0.15, 0.2) is 32.1 Å². The summed E-state index contributed by atoms with van der Waals surface area (Å²) in [6.07, 6.45) is -0.825. The Balaban J connectivity index is 1.44. The number of hydrazone groups is 1. The molecule has 4 atom stereocenters. The maximum Gasteiger partial charge on any atom is 0.350 e. The van der Waals surface area contributed by atoms with Crippen molar-refractivity contribution in [2.45, 2.75) is 41.0 Å². The average Bonchev–Trinajstić information content (AvgIpc) is 3.69. The number of thiazole rings is 1. The van der Waals surface area contributed by atoms with Crippen LogP contribution in [0.5, 0.6) is 11.5 Å². The molecule has 2 fully saturated rings. The number of phenolic OH excluding ortho intramolecular Hbond substituents is 2. The quantitative estimate of drug-likeness (QED) is 0.0446. The first kappa shape index (κ1) is 40.7. The molecule has 25 heteroatoms. The van der Waals surface area contributed by atoms with Crippen LogP contribution in [0.25, 0.3) is 0 Å². The number of primary amides is 1. The highest BCUT2D eigenvalue weighted by Crippen LogP contribution is 2.52. The molecule has 53 heavy (non-hydrogen) atoms. The largest absolute Gasteiger partial charge is 0.504 e. The number of benzene rings is 1. The minimum Gasteiger partial charge on any atom is -0.504 e. The van der Waals surface area contributed by atoms with Gasteiger partial charge in [0.05, 0.1) is 17.7 Å². The Morgan fingerprint density at radius 2 is 1.91 bits per heavy atom. The molecule has 286 valence electrons. The van der Waals surface area contributed by atoms with Gasteiger partial charge in [-0.15, -0.1) is 34.9 Å². The zero-order chi connectivity index (χ0) is 39.4. The smallest absolute Gasteiger partial charge is 0.350 e. The van der Waals surface area contributed by atoms with E-state index in [0.29, 0.717) is 0 Å². The molecule has 1 aromatic carbocycles. The van der Waals surface area contributed by atoms with E-state index in [0.717, 1.165) is 47.0 Å². The minimum absolute atomic E-state index is 0.0343. The van der Waals surface area contributed by atoms with E-state index in [2.05, 4.69) is 25.9 Å². The van der Waals surface area contributed by atoms with Crippen molar-refractivity contribution in [3.8, 4) is 11.5 Å². The predicted molar refractivity (Wildman–Crippen MR) is 192 cm³/mol. The summed E-state index contributed by atoms with van der Waals surface area (Å²) in [7, 11) is 1.31. The Morgan fingerprint density at radius 1 is 1.21 bits per heavy atom. The first-order chi connectivity index (χ1) is 24.8. The number of carbonyl (C=O) groups is 6. The molecule has 2 saturated heterocycles. The highest BCUT2D eigenvalue weighted by Gasteiger charge is 2.63. The first-order valence-corrected chi connectivity index (χ1v) is 18.0. The molecular formula is C28H32ClN9O12S3. The molecule has 2 aliphatic rings. The number of β-lactam (4-membered cyclic amide) rings is 1. The third-order valence-electron chi connectivity index (χ3n) is 7.47. The summed E-state index contributed by atoms with van der Waals surface area (Å²) in [5.41, 5.74) is 9.63. The summed E-state index contributed by atoms with van der Waals surface area (Å²) >= 11 is 8.86. The zero-order valence-electron chi connectivity index (χ0n) is 27.7. The van der Waals surface area contributed by atoms with E-state index in [4.69, 9.17) is 32.6 Å². The van der Waals surface area contributed by atoms with Crippen LogP contribution in [-0.2, 0) is 33.5 Å². The Kier molecular flexibility index (Phi) is 12.5. The van der Waals surface area contributed by atoms with E-state index >= 15 is 0 Å². The zero-order valence-corrected chi connectivity index (χ0v) is 30.9. The molecule has 11 N–H and O–H groups in total. The van der Waals surface area contributed by atoms with Crippen molar-refractivity contribution in [3.05, 3.63) is 33.8 Å². The lowest BCUT2D eigenvalue weighted by atomic mass is 10.1. The SMILES string of the molecule is CO[C@@H](CNC(=O)/C(=N\NC(N)=O)c1ccc(O)c(O)c1Cl)CS[C@]1(C(=O)O)CN2C(=O)C(NC(=O)/C(=N\OC(C)(C)C(=O)O)c3csc(N)n3)[C@H]2S1. The van der Waals surface area contributed by atoms with Crippen LogP contribution in [0.3, 0.4) is 0 Å². The van der Waals surface area contributed by atoms with Crippen molar-refractivity contribution in [1.82, 2.24) is 25.9 Å². The van der Waals surface area contributed by atoms with Crippen LogP contribution in [0.2, 0.25) is 5.02 Å². The van der Waals surface area contributed by atoms with Crippen molar-refractivity contribution in [2.75, 3.05) is 31.7 Å². The summed E-state index contributed by atoms with van der Waals surface area (Å²) in [5, 5.41) is 51.9. The molecule has 5 amide bonds. The number of hydrogen-bond donors (Lipinski definition) is 9. The number of oxime groups is 1. The van der Waals surface area contributed by atoms with Gasteiger partial charge in [0.25, 0.3) is 11.8 Å². The van der Waals surface area contributed by atoms with Gasteiger partial charge in [-0.2, -0.15) is 5.10 Å². The maximum atomic E-state index is 13.4. The Morgan fingerprint density at radius 3 is 2.49 bits per heavy atom. The van der Waals surface area contributed by atoms with Gasteiger partial charge in [0.2, 0.25) is 11.5 Å². The second-order valence-corrected chi connectivity index (χ2v) is 15.8. The van der Waals surface area contributed by atoms with Gasteiger partial charge in [0.1, 0.15) is 17.1 Å². The van der Waals surface area contributed by atoms with Gasteiger partial charge in [-0.05, 0) is 26.0 Å². The number of amides is 5. The number of nitrogens with one attached hydrogen (secondary N) is 3. The van der Waals surface area contributed by atoms with E-state index in [1.54, 1.807) is 0 Å². The second kappa shape index (κ2) is 16.3. The number of fused-ring (bicyclic) bond motifs is 1. The number of nitrogens with zero attached hydrogens (tertiary/aromatic N) is 4. The van der Waals surface area contributed by atoms with E-state index < -0.39 is 90.8 Å². The van der Waals surface area contributed by atoms with E-state index in [-0.39, 0.29) is 35.2 Å². The van der Waals surface area contributed by atoms with Gasteiger partial charge < -0.3 is 57.0 Å². The summed E-state index contributed by atoms with van der Waals surface area (Å²) in [4.78, 5) is 85.4. The number of rotatable bonds is 16. The molecule has 1 aromatic heterocycles. The highest BCUT2D eigenvalue weighted by atomic mass is 35.5. The number of carboxylic acid groups (broad SMARTS) is 2. The van der Waals surface area contributed by atoms with Crippen molar-refractivity contribution >= 4 is 98.7 Å². The summed E-state index contributed by atoms with van der Waals surface area (Å²) < 4.78 is 3.81. The van der Waals surface area contributed by atoms with Gasteiger partial charge in [-0.25, -0.2) is 24.8 Å². The molecule has 0 radical (unpaired) electrons. The first-order valence-electron chi connectivity index (χ1n) is 14.8. The molecule has 2 aromatic rings. The van der Waals surface area contributed by atoms with Crippen LogP contribution in [0.1, 0.15) is 25.1 Å². The molecule has 21 nitrogen and oxygen atoms in total. The predicted octanol–water partition coefficient (Wildman–Crippen LogP) is -0.508. The van der Waals surface area contributed by atoms with Crippen LogP contribution < -0.4 is 27.5 Å². The third kappa shape index (κ3) is 8.95. The Bertz CT molecular complexity index is 1890. The fourth-order valence-electron chi connectivity index (χ4n) is 4.49. The fourth-order valence-corrected chi connectivity index (χ4v) is 8.45. The van der Waals surface area contributed by atoms with Gasteiger partial charge >= 0.3 is 18.0 Å². The number of aromatic nitrogens is 1. The van der Waals surface area contributed by atoms with Crippen LogP contribution in [0.15, 0.2) is 27.8 Å². The molecule has 2 aliphatic heterocycles. The summed E-state index contributed by atoms with van der Waals surface area (Å²) in [6, 6.07) is -0.120. The van der Waals surface area contributed by atoms with Crippen molar-refractivity contribution in [3.63, 3.8) is 0 Å². The number of nitrogen functional groups attached to an aromatic ring is 1. The average molecular weight is 818 g/mol. The highest BCUT2D eigenvalue weighted by molar-refractivity contribution is 8.20. The number of nitrogens with two attached hydrogens (primary N) is 2. The lowest BCUT2D eigenvalue weighted by Gasteiger charge is -2.41. The number of halogens is 1. The van der Waals surface area contributed by atoms with Gasteiger partial charge in [-0.3, -0.25) is 14.4 Å². The molecular weight excluding hydrogens is 786 g/mol. The number of carboxylic acids is 2. The standard InChI is InChI=1S/C28H32ClN9O12S3/c1-27(2,23(44)45)50-37-16(12-8-51-26(31)33-12)20(42)34-17-21(43)38-9-28(24(46)47,53-22(17)38)52-7-10(49-3)6-32-19(41)15(35-36-25(30)48)11-4-5-13(39)18(40)14(11)29/h4-5,8,10,17,22,39-40H,6-7,9H2,1-3H3,(H2,31,33)(H,32,41)(H,34,42)(H,44,45)(H,46,47)(H3,30,36,48)/b35-15-,37-16-/t10-,17?,22+,28+/m0/s1. The Hall–Kier alpha value is -5.04. The number of ether oxygens (including phenoxy) is 1. The van der Waals surface area contributed by atoms with Crippen LogP contribution >= 0.6 is 46.5 Å². The number of aliphatic carboxylic acids is 2. The van der Waals surface area contributed by atoms with E-state index in [9.17, 15) is 49.2 Å². The summed E-state index contributed by atoms with van der Waals surface area (Å²) in [5.74, 6) is -6.48. The number of aromatic hydroxyl groups is 2. The van der Waals surface area contributed by atoms with Crippen LogP contribution in [0, 0.1) is 0 Å². The lowest BCUT2D eigenvalue weighted by molar-refractivity contribution is -0.161. The van der Waals surface area contributed by atoms with Crippen molar-refractivity contribution in [2.24, 2.45) is 16.0 Å². The number of urea groups is 1. The maximum absolute atomic E-state index is 13.4. The van der Waals surface area contributed by atoms with Gasteiger partial charge in [0, 0.05) is 30.4 Å². The summed E-state index contributed by atoms with van der Waals surface area (Å²) in [6.45, 7) is 1.92. The normalized spacial score (nSPS) is 20.5. The molecule has 4 rings (SSSR count). The van der Waals surface area contributed by atoms with E-state index in [1.807, 2.05) is 5.43 Å². The molecule has 0 spiro atoms. The third-order valence-corrected chi connectivity index (χ3v) is 11.9. The number of phenols is 2. The van der Waals surface area contributed by atoms with Crippen LogP contribution in [0.4, 0.5) is 9.93 Å². The van der Waals surface area contributed by atoms with Crippen molar-refractivity contribution in [1.29, 1.82) is 0 Å². The fraction of sp³-hybridized carbons (Fsp3) is 0.393. The number of thioether (sulfide) groups is 2. The molecule has 3 heterocycles. The molecule has 0 bridgehead atoms. The van der Waals surface area contributed by atoms with Gasteiger partial charge in [-0.1, -0.05) is 16.8 Å². The van der Waals surface area contributed by atoms with Crippen LogP contribution in [-0.4, -0.2) is 131 Å². The molecule has 1 unspecified atom stereocenters. The second-order valence-electron chi connectivity index (χ2n) is 11.5. The Labute approximate surface area is 316 Å². The molecule has 0 aliphatic carbocycles. The number of hydrogen-bond acceptors (Lipinski definition) is 17. The molecule has 0 saturated carbocycles. The number of anilines is 1. The number of methoxy groups -OCH3 is 1. The monoisotopic (exact) mass is 817 g/mol. The van der Waals surface area contributed by atoms with E-state index in [1.165, 1.54) is 31.2 Å². The minimum atomic E-state index is -1.83.